The van der Waals surface area contributed by atoms with Gasteiger partial charge in [0, 0.05) is 25.2 Å². The highest BCUT2D eigenvalue weighted by Gasteiger charge is 2.36. The fourth-order valence-electron chi connectivity index (χ4n) is 3.22. The van der Waals surface area contributed by atoms with E-state index in [9.17, 15) is 4.79 Å². The Kier molecular flexibility index (Phi) is 7.69. The second-order valence-corrected chi connectivity index (χ2v) is 6.27. The number of nitrogens with one attached hydrogen (secondary N) is 1. The van der Waals surface area contributed by atoms with Gasteiger partial charge in [0.05, 0.1) is 25.7 Å². The normalized spacial score (nSPS) is 25.2. The molecule has 2 aliphatic rings. The maximum absolute atomic E-state index is 12.0. The molecule has 1 aromatic rings. The average Bonchev–Trinajstić information content (AvgIpc) is 2.97. The van der Waals surface area contributed by atoms with Gasteiger partial charge in [-0.05, 0) is 25.5 Å². The van der Waals surface area contributed by atoms with Crippen LogP contribution in [0.2, 0.25) is 0 Å². The van der Waals surface area contributed by atoms with E-state index >= 15 is 0 Å². The number of rotatable bonds is 5. The number of fused-ring (bicyclic) bond motifs is 1. The molecule has 25 heavy (non-hydrogen) atoms. The summed E-state index contributed by atoms with van der Waals surface area (Å²) in [5.74, 6) is 0.870. The number of carbonyl (C=O) groups excluding carboxylic acids is 1. The van der Waals surface area contributed by atoms with E-state index in [4.69, 9.17) is 19.4 Å². The number of benzene rings is 1. The largest absolute Gasteiger partial charge is 0.493 e. The van der Waals surface area contributed by atoms with E-state index < -0.39 is 0 Å². The number of para-hydroxylation sites is 1. The Labute approximate surface area is 147 Å². The first kappa shape index (κ1) is 19.2. The Balaban J connectivity index is 0.000000701. The van der Waals surface area contributed by atoms with Gasteiger partial charge >= 0.3 is 0 Å². The number of hydrogen-bond donors (Lipinski definition) is 2. The van der Waals surface area contributed by atoms with Crippen molar-refractivity contribution in [2.75, 3.05) is 26.3 Å². The molecule has 2 saturated heterocycles. The lowest BCUT2D eigenvalue weighted by molar-refractivity contribution is -0.123. The first-order valence-corrected chi connectivity index (χ1v) is 8.53. The van der Waals surface area contributed by atoms with Crippen LogP contribution in [0.15, 0.2) is 30.3 Å². The maximum atomic E-state index is 12.0. The predicted octanol–water partition coefficient (Wildman–Crippen LogP) is 1.13. The molecule has 138 valence electrons. The van der Waals surface area contributed by atoms with Crippen LogP contribution in [0.5, 0.6) is 5.75 Å². The molecule has 0 aliphatic carbocycles. The molecule has 2 fully saturated rings. The van der Waals surface area contributed by atoms with Crippen molar-refractivity contribution < 1.29 is 24.2 Å². The van der Waals surface area contributed by atoms with Crippen molar-refractivity contribution in [1.29, 1.82) is 0 Å². The molecule has 7 heteroatoms. The van der Waals surface area contributed by atoms with Gasteiger partial charge in [0.25, 0.3) is 6.47 Å². The molecule has 3 atom stereocenters. The zero-order valence-electron chi connectivity index (χ0n) is 14.5. The third-order valence-electron chi connectivity index (χ3n) is 4.30. The number of carbonyl (C=O) groups is 2. The number of nitrogens with zero attached hydrogens (tertiary/aromatic N) is 1. The summed E-state index contributed by atoms with van der Waals surface area (Å²) in [5, 5.41) is 10.0. The third-order valence-corrected chi connectivity index (χ3v) is 4.30. The lowest BCUT2D eigenvalue weighted by Crippen LogP contribution is -2.45. The molecule has 0 saturated carbocycles. The highest BCUT2D eigenvalue weighted by atomic mass is 16.5. The van der Waals surface area contributed by atoms with Crippen LogP contribution in [0.4, 0.5) is 0 Å². The Bertz CT molecular complexity index is 540. The first-order chi connectivity index (χ1) is 12.1. The molecule has 1 aromatic carbocycles. The van der Waals surface area contributed by atoms with Gasteiger partial charge in [-0.2, -0.15) is 0 Å². The topological polar surface area (TPSA) is 88.1 Å². The molecular weight excluding hydrogens is 324 g/mol. The molecule has 2 heterocycles. The molecule has 2 aliphatic heterocycles. The van der Waals surface area contributed by atoms with Gasteiger partial charge < -0.3 is 19.9 Å². The first-order valence-electron chi connectivity index (χ1n) is 8.53. The predicted molar refractivity (Wildman–Crippen MR) is 92.6 cm³/mol. The highest BCUT2D eigenvalue weighted by molar-refractivity contribution is 5.76. The number of hydrogen-bond acceptors (Lipinski definition) is 5. The summed E-state index contributed by atoms with van der Waals surface area (Å²) in [5.41, 5.74) is 0. The van der Waals surface area contributed by atoms with Crippen LogP contribution in [0.1, 0.15) is 19.8 Å². The van der Waals surface area contributed by atoms with Gasteiger partial charge in [-0.25, -0.2) is 0 Å². The Morgan fingerprint density at radius 1 is 1.40 bits per heavy atom. The van der Waals surface area contributed by atoms with Crippen LogP contribution in [-0.4, -0.2) is 66.9 Å². The van der Waals surface area contributed by atoms with Crippen molar-refractivity contribution in [2.24, 2.45) is 0 Å². The molecule has 0 spiro atoms. The second kappa shape index (κ2) is 10.0. The van der Waals surface area contributed by atoms with Crippen molar-refractivity contribution in [3.05, 3.63) is 30.3 Å². The van der Waals surface area contributed by atoms with Gasteiger partial charge in [-0.1, -0.05) is 18.2 Å². The lowest BCUT2D eigenvalue weighted by Gasteiger charge is -2.33. The molecule has 0 radical (unpaired) electrons. The number of morpholine rings is 1. The highest BCUT2D eigenvalue weighted by Crippen LogP contribution is 2.23. The number of amides is 1. The molecular formula is C18H26N2O5. The summed E-state index contributed by atoms with van der Waals surface area (Å²) >= 11 is 0. The quantitative estimate of drug-likeness (QED) is 0.774. The number of carboxylic acid groups (broad SMARTS) is 1. The molecule has 2 N–H and O–H groups in total. The van der Waals surface area contributed by atoms with Crippen molar-refractivity contribution in [1.82, 2.24) is 10.2 Å². The molecule has 1 amide bonds. The third kappa shape index (κ3) is 6.36. The van der Waals surface area contributed by atoms with Gasteiger partial charge in [0.2, 0.25) is 5.91 Å². The van der Waals surface area contributed by atoms with E-state index in [-0.39, 0.29) is 18.4 Å². The van der Waals surface area contributed by atoms with E-state index in [1.807, 2.05) is 30.3 Å². The summed E-state index contributed by atoms with van der Waals surface area (Å²) in [7, 11) is 0. The lowest BCUT2D eigenvalue weighted by atomic mass is 10.1. The Hall–Kier alpha value is -2.12. The molecule has 0 aromatic heterocycles. The number of ether oxygens (including phenoxy) is 2. The minimum absolute atomic E-state index is 0.0646. The molecule has 0 unspecified atom stereocenters. The van der Waals surface area contributed by atoms with E-state index in [2.05, 4.69) is 17.1 Å². The van der Waals surface area contributed by atoms with Gasteiger partial charge in [-0.15, -0.1) is 0 Å². The van der Waals surface area contributed by atoms with Crippen LogP contribution in [0.3, 0.4) is 0 Å². The van der Waals surface area contributed by atoms with Crippen molar-refractivity contribution in [2.45, 2.75) is 38.0 Å². The van der Waals surface area contributed by atoms with E-state index in [0.29, 0.717) is 25.2 Å². The summed E-state index contributed by atoms with van der Waals surface area (Å²) in [4.78, 5) is 22.8. The Morgan fingerprint density at radius 2 is 2.12 bits per heavy atom. The van der Waals surface area contributed by atoms with Crippen molar-refractivity contribution in [3.8, 4) is 5.75 Å². The summed E-state index contributed by atoms with van der Waals surface area (Å²) < 4.78 is 11.2. The van der Waals surface area contributed by atoms with Crippen LogP contribution in [-0.2, 0) is 14.3 Å². The van der Waals surface area contributed by atoms with E-state index in [1.165, 1.54) is 0 Å². The smallest absolute Gasteiger partial charge is 0.290 e. The zero-order valence-corrected chi connectivity index (χ0v) is 14.5. The summed E-state index contributed by atoms with van der Waals surface area (Å²) in [6.07, 6.45) is 1.67. The van der Waals surface area contributed by atoms with Crippen LogP contribution in [0, 0.1) is 0 Å². The van der Waals surface area contributed by atoms with Crippen LogP contribution >= 0.6 is 0 Å². The fourth-order valence-corrected chi connectivity index (χ4v) is 3.22. The zero-order chi connectivity index (χ0) is 18.1. The van der Waals surface area contributed by atoms with Gasteiger partial charge in [0.1, 0.15) is 5.75 Å². The molecule has 7 nitrogen and oxygen atoms in total. The monoisotopic (exact) mass is 350 g/mol. The van der Waals surface area contributed by atoms with Gasteiger partial charge in [-0.3, -0.25) is 14.5 Å². The van der Waals surface area contributed by atoms with Crippen molar-refractivity contribution >= 4 is 12.4 Å². The maximum Gasteiger partial charge on any atom is 0.290 e. The molecule has 0 bridgehead atoms. The van der Waals surface area contributed by atoms with Crippen LogP contribution in [0.25, 0.3) is 0 Å². The average molecular weight is 350 g/mol. The Morgan fingerprint density at radius 3 is 2.84 bits per heavy atom. The van der Waals surface area contributed by atoms with Gasteiger partial charge in [0.15, 0.2) is 0 Å². The molecule has 3 rings (SSSR count). The minimum atomic E-state index is -0.250. The summed E-state index contributed by atoms with van der Waals surface area (Å²) in [6.45, 7) is 4.95. The second-order valence-electron chi connectivity index (χ2n) is 6.27. The van der Waals surface area contributed by atoms with Crippen molar-refractivity contribution in [3.63, 3.8) is 0 Å². The van der Waals surface area contributed by atoms with E-state index in [0.717, 1.165) is 31.9 Å². The van der Waals surface area contributed by atoms with Crippen LogP contribution < -0.4 is 10.1 Å². The summed E-state index contributed by atoms with van der Waals surface area (Å²) in [6, 6.07) is 10.3. The fraction of sp³-hybridized carbons (Fsp3) is 0.556. The van der Waals surface area contributed by atoms with E-state index in [1.54, 1.807) is 0 Å². The standard InChI is InChI=1S/C17H24N2O3.CH2O2/c1-13-10-19-11-14(9-15(19)12-22-13)18-17(20)7-8-21-16-5-3-2-4-6-16;2-1-3/h2-6,13-15H,7-12H2,1H3,(H,18,20);1H,(H,2,3)/t13-,14+,15+;/m1./s1. The minimum Gasteiger partial charge on any atom is -0.493 e. The SMILES string of the molecule is C[C@@H]1CN2C[C@@H](NC(=O)CCOc3ccccc3)C[C@H]2CO1.O=CO.